The summed E-state index contributed by atoms with van der Waals surface area (Å²) in [7, 11) is 4.05. The molecule has 1 aliphatic heterocycles. The third kappa shape index (κ3) is 1.82. The summed E-state index contributed by atoms with van der Waals surface area (Å²) in [4.78, 5) is 2.06. The molecule has 0 aliphatic carbocycles. The number of para-hydroxylation sites is 1. The summed E-state index contributed by atoms with van der Waals surface area (Å²) in [6.07, 6.45) is 0. The van der Waals surface area contributed by atoms with E-state index in [0.717, 1.165) is 28.6 Å². The van der Waals surface area contributed by atoms with Crippen LogP contribution in [0.1, 0.15) is 0 Å². The minimum Gasteiger partial charge on any atom is -0.451 e. The Morgan fingerprint density at radius 3 is 2.62 bits per heavy atom. The fourth-order valence-corrected chi connectivity index (χ4v) is 2.79. The molecule has 4 rings (SSSR count). The standard InChI is InChI=1S/C18H16N2O/c1-20(2)15-9-5-8-14-18(15)21-16-11-10-12-6-3-4-7-13(12)17(16)19-14/h3-11,19H,1-2H3. The van der Waals surface area contributed by atoms with Gasteiger partial charge in [0.05, 0.1) is 17.1 Å². The van der Waals surface area contributed by atoms with Crippen LogP contribution in [0.5, 0.6) is 11.5 Å². The van der Waals surface area contributed by atoms with Crippen LogP contribution in [0.2, 0.25) is 0 Å². The van der Waals surface area contributed by atoms with Gasteiger partial charge in [0.1, 0.15) is 0 Å². The van der Waals surface area contributed by atoms with Gasteiger partial charge in [0.2, 0.25) is 0 Å². The zero-order chi connectivity index (χ0) is 14.4. The van der Waals surface area contributed by atoms with E-state index in [1.165, 1.54) is 10.8 Å². The van der Waals surface area contributed by atoms with Crippen molar-refractivity contribution in [2.24, 2.45) is 0 Å². The first-order chi connectivity index (χ1) is 10.2. The van der Waals surface area contributed by atoms with Crippen LogP contribution >= 0.6 is 0 Å². The van der Waals surface area contributed by atoms with Crippen LogP contribution in [0.15, 0.2) is 54.6 Å². The van der Waals surface area contributed by atoms with Crippen molar-refractivity contribution in [3.05, 3.63) is 54.6 Å². The molecule has 0 aromatic heterocycles. The number of rotatable bonds is 1. The fourth-order valence-electron chi connectivity index (χ4n) is 2.79. The third-order valence-corrected chi connectivity index (χ3v) is 3.84. The third-order valence-electron chi connectivity index (χ3n) is 3.84. The van der Waals surface area contributed by atoms with Crippen LogP contribution in [0, 0.1) is 0 Å². The van der Waals surface area contributed by atoms with Crippen LogP contribution < -0.4 is 15.0 Å². The lowest BCUT2D eigenvalue weighted by atomic mass is 10.1. The van der Waals surface area contributed by atoms with Gasteiger partial charge >= 0.3 is 0 Å². The van der Waals surface area contributed by atoms with E-state index in [1.54, 1.807) is 0 Å². The van der Waals surface area contributed by atoms with E-state index in [0.29, 0.717) is 0 Å². The van der Waals surface area contributed by atoms with Crippen LogP contribution in [-0.2, 0) is 0 Å². The van der Waals surface area contributed by atoms with Crippen molar-refractivity contribution in [1.82, 2.24) is 0 Å². The minimum absolute atomic E-state index is 0.871. The molecule has 3 aromatic rings. The summed E-state index contributed by atoms with van der Waals surface area (Å²) in [6.45, 7) is 0. The highest BCUT2D eigenvalue weighted by Gasteiger charge is 2.21. The molecule has 1 N–H and O–H groups in total. The quantitative estimate of drug-likeness (QED) is 0.542. The number of nitrogens with one attached hydrogen (secondary N) is 1. The van der Waals surface area contributed by atoms with Gasteiger partial charge in [-0.05, 0) is 23.6 Å². The summed E-state index contributed by atoms with van der Waals surface area (Å²) in [5.41, 5.74) is 3.11. The predicted octanol–water partition coefficient (Wildman–Crippen LogP) is 4.76. The van der Waals surface area contributed by atoms with E-state index >= 15 is 0 Å². The maximum Gasteiger partial charge on any atom is 0.174 e. The van der Waals surface area contributed by atoms with Gasteiger partial charge in [-0.25, -0.2) is 0 Å². The largest absolute Gasteiger partial charge is 0.451 e. The van der Waals surface area contributed by atoms with Crippen molar-refractivity contribution in [3.8, 4) is 11.5 Å². The van der Waals surface area contributed by atoms with Gasteiger partial charge in [0.15, 0.2) is 11.5 Å². The van der Waals surface area contributed by atoms with E-state index in [4.69, 9.17) is 4.74 Å². The van der Waals surface area contributed by atoms with Gasteiger partial charge in [-0.3, -0.25) is 0 Å². The SMILES string of the molecule is CN(C)c1cccc2c1Oc1ccc3ccccc3c1N2. The van der Waals surface area contributed by atoms with Gasteiger partial charge in [0, 0.05) is 19.5 Å². The van der Waals surface area contributed by atoms with E-state index < -0.39 is 0 Å². The normalized spacial score (nSPS) is 12.1. The number of hydrogen-bond acceptors (Lipinski definition) is 3. The number of fused-ring (bicyclic) bond motifs is 4. The second kappa shape index (κ2) is 4.42. The van der Waals surface area contributed by atoms with Crippen LogP contribution in [0.4, 0.5) is 17.1 Å². The number of benzene rings is 3. The first-order valence-electron chi connectivity index (χ1n) is 7.01. The Bertz CT molecular complexity index is 840. The Balaban J connectivity index is 1.92. The van der Waals surface area contributed by atoms with Crippen molar-refractivity contribution < 1.29 is 4.74 Å². The van der Waals surface area contributed by atoms with Crippen molar-refractivity contribution >= 4 is 27.8 Å². The molecule has 21 heavy (non-hydrogen) atoms. The van der Waals surface area contributed by atoms with Gasteiger partial charge in [-0.15, -0.1) is 0 Å². The first-order valence-corrected chi connectivity index (χ1v) is 7.01. The zero-order valence-electron chi connectivity index (χ0n) is 12.1. The molecule has 0 spiro atoms. The highest BCUT2D eigenvalue weighted by atomic mass is 16.5. The molecular weight excluding hydrogens is 260 g/mol. The molecule has 0 saturated heterocycles. The number of hydrogen-bond donors (Lipinski definition) is 1. The second-order valence-corrected chi connectivity index (χ2v) is 5.44. The Morgan fingerprint density at radius 2 is 1.76 bits per heavy atom. The van der Waals surface area contributed by atoms with E-state index in [9.17, 15) is 0 Å². The Morgan fingerprint density at radius 1 is 0.905 bits per heavy atom. The summed E-state index contributed by atoms with van der Waals surface area (Å²) in [5, 5.41) is 5.91. The maximum atomic E-state index is 6.17. The van der Waals surface area contributed by atoms with Crippen molar-refractivity contribution in [1.29, 1.82) is 0 Å². The van der Waals surface area contributed by atoms with Gasteiger partial charge in [-0.1, -0.05) is 36.4 Å². The average molecular weight is 276 g/mol. The van der Waals surface area contributed by atoms with Crippen LogP contribution in [-0.4, -0.2) is 14.1 Å². The predicted molar refractivity (Wildman–Crippen MR) is 88.1 cm³/mol. The van der Waals surface area contributed by atoms with Gasteiger partial charge < -0.3 is 15.0 Å². The monoisotopic (exact) mass is 276 g/mol. The maximum absolute atomic E-state index is 6.17. The number of anilines is 3. The molecule has 3 heteroatoms. The van der Waals surface area contributed by atoms with Gasteiger partial charge in [0.25, 0.3) is 0 Å². The lowest BCUT2D eigenvalue weighted by Gasteiger charge is -2.27. The van der Waals surface area contributed by atoms with Crippen molar-refractivity contribution in [2.45, 2.75) is 0 Å². The Hall–Kier alpha value is -2.68. The second-order valence-electron chi connectivity index (χ2n) is 5.44. The minimum atomic E-state index is 0.871. The van der Waals surface area contributed by atoms with E-state index in [2.05, 4.69) is 46.6 Å². The van der Waals surface area contributed by atoms with Gasteiger partial charge in [-0.2, -0.15) is 0 Å². The molecule has 0 saturated carbocycles. The topological polar surface area (TPSA) is 24.5 Å². The van der Waals surface area contributed by atoms with Crippen LogP contribution in [0.3, 0.4) is 0 Å². The molecule has 0 fully saturated rings. The molecule has 0 unspecified atom stereocenters. The molecule has 0 atom stereocenters. The molecule has 3 nitrogen and oxygen atoms in total. The summed E-state index contributed by atoms with van der Waals surface area (Å²) in [6, 6.07) is 18.6. The first kappa shape index (κ1) is 12.1. The van der Waals surface area contributed by atoms with Crippen LogP contribution in [0.25, 0.3) is 10.8 Å². The zero-order valence-corrected chi connectivity index (χ0v) is 12.1. The van der Waals surface area contributed by atoms with Crippen molar-refractivity contribution in [2.75, 3.05) is 24.3 Å². The van der Waals surface area contributed by atoms with Crippen molar-refractivity contribution in [3.63, 3.8) is 0 Å². The Labute approximate surface area is 123 Å². The fraction of sp³-hybridized carbons (Fsp3) is 0.111. The lowest BCUT2D eigenvalue weighted by molar-refractivity contribution is 0.482. The molecule has 104 valence electrons. The summed E-state index contributed by atoms with van der Waals surface area (Å²) in [5.74, 6) is 1.75. The number of nitrogens with zero attached hydrogens (tertiary/aromatic N) is 1. The molecule has 1 heterocycles. The molecule has 0 radical (unpaired) electrons. The molecule has 1 aliphatic rings. The molecule has 0 bridgehead atoms. The smallest absolute Gasteiger partial charge is 0.174 e. The average Bonchev–Trinajstić information content (AvgIpc) is 2.52. The molecule has 3 aromatic carbocycles. The molecule has 0 amide bonds. The molecular formula is C18H16N2O. The summed E-state index contributed by atoms with van der Waals surface area (Å²) >= 11 is 0. The van der Waals surface area contributed by atoms with E-state index in [1.807, 2.05) is 32.3 Å². The summed E-state index contributed by atoms with van der Waals surface area (Å²) < 4.78 is 6.17. The lowest BCUT2D eigenvalue weighted by Crippen LogP contribution is -2.12. The highest BCUT2D eigenvalue weighted by Crippen LogP contribution is 2.48. The van der Waals surface area contributed by atoms with E-state index in [-0.39, 0.29) is 0 Å². The Kier molecular flexibility index (Phi) is 2.54. The highest BCUT2D eigenvalue weighted by molar-refractivity contribution is 6.00. The number of ether oxygens (including phenoxy) is 1.